The average Bonchev–Trinajstić information content (AvgIpc) is 2.24. The molecule has 1 fully saturated rings. The molecule has 0 atom stereocenters. The lowest BCUT2D eigenvalue weighted by molar-refractivity contribution is 0.0599. The summed E-state index contributed by atoms with van der Waals surface area (Å²) in [5, 5.41) is 0. The van der Waals surface area contributed by atoms with E-state index in [-0.39, 0.29) is 5.56 Å². The van der Waals surface area contributed by atoms with Gasteiger partial charge in [0.1, 0.15) is 0 Å². The van der Waals surface area contributed by atoms with Crippen LogP contribution in [-0.2, 0) is 11.3 Å². The third-order valence-electron chi connectivity index (χ3n) is 3.08. The minimum Gasteiger partial charge on any atom is -0.465 e. The van der Waals surface area contributed by atoms with Gasteiger partial charge in [-0.2, -0.15) is 0 Å². The monoisotopic (exact) mass is 221 g/mol. The second-order valence-corrected chi connectivity index (χ2v) is 4.20. The van der Waals surface area contributed by atoms with E-state index < -0.39 is 5.97 Å². The number of carbonyl (C=O) groups is 1. The molecule has 0 amide bonds. The van der Waals surface area contributed by atoms with Gasteiger partial charge < -0.3 is 9.30 Å². The Labute approximate surface area is 93.8 Å². The number of hydrogen-bond donors (Lipinski definition) is 0. The fourth-order valence-electron chi connectivity index (χ4n) is 1.87. The zero-order chi connectivity index (χ0) is 11.5. The molecule has 1 aliphatic rings. The molecule has 1 aromatic rings. The van der Waals surface area contributed by atoms with Crippen LogP contribution < -0.4 is 5.56 Å². The van der Waals surface area contributed by atoms with Gasteiger partial charge in [-0.3, -0.25) is 4.79 Å². The van der Waals surface area contributed by atoms with Crippen molar-refractivity contribution in [2.45, 2.75) is 25.8 Å². The zero-order valence-corrected chi connectivity index (χ0v) is 9.31. The Balaban J connectivity index is 2.21. The van der Waals surface area contributed by atoms with E-state index in [1.54, 1.807) is 10.8 Å². The summed E-state index contributed by atoms with van der Waals surface area (Å²) in [6.45, 7) is 0.712. The standard InChI is InChI=1S/C12H15NO3/c1-16-12(15)10-5-6-11(14)13(8-10)7-9-3-2-4-9/h5-6,8-9H,2-4,7H2,1H3. The highest BCUT2D eigenvalue weighted by atomic mass is 16.5. The Morgan fingerprint density at radius 3 is 2.81 bits per heavy atom. The van der Waals surface area contributed by atoms with E-state index in [1.165, 1.54) is 38.5 Å². The molecule has 86 valence electrons. The van der Waals surface area contributed by atoms with Crippen LogP contribution in [0.2, 0.25) is 0 Å². The molecule has 0 aliphatic heterocycles. The number of carbonyl (C=O) groups excluding carboxylic acids is 1. The Morgan fingerprint density at radius 1 is 1.50 bits per heavy atom. The average molecular weight is 221 g/mol. The SMILES string of the molecule is COC(=O)c1ccc(=O)n(CC2CCC2)c1. The van der Waals surface area contributed by atoms with Gasteiger partial charge in [0, 0.05) is 18.8 Å². The fourth-order valence-corrected chi connectivity index (χ4v) is 1.87. The van der Waals surface area contributed by atoms with Crippen LogP contribution in [0.5, 0.6) is 0 Å². The summed E-state index contributed by atoms with van der Waals surface area (Å²) in [6, 6.07) is 2.93. The topological polar surface area (TPSA) is 48.3 Å². The smallest absolute Gasteiger partial charge is 0.339 e. The summed E-state index contributed by atoms with van der Waals surface area (Å²) < 4.78 is 6.23. The number of nitrogens with zero attached hydrogens (tertiary/aromatic N) is 1. The maximum Gasteiger partial charge on any atom is 0.339 e. The second-order valence-electron chi connectivity index (χ2n) is 4.20. The maximum absolute atomic E-state index is 11.6. The summed E-state index contributed by atoms with van der Waals surface area (Å²) in [5.74, 6) is 0.188. The lowest BCUT2D eigenvalue weighted by atomic mass is 9.85. The van der Waals surface area contributed by atoms with E-state index >= 15 is 0 Å². The summed E-state index contributed by atoms with van der Waals surface area (Å²) >= 11 is 0. The Morgan fingerprint density at radius 2 is 2.25 bits per heavy atom. The van der Waals surface area contributed by atoms with Gasteiger partial charge in [0.2, 0.25) is 0 Å². The third kappa shape index (κ3) is 2.15. The molecule has 0 bridgehead atoms. The van der Waals surface area contributed by atoms with Gasteiger partial charge in [-0.25, -0.2) is 4.79 Å². The molecule has 4 nitrogen and oxygen atoms in total. The number of aromatic nitrogens is 1. The number of methoxy groups -OCH3 is 1. The molecular formula is C12H15NO3. The van der Waals surface area contributed by atoms with Gasteiger partial charge in [0.25, 0.3) is 5.56 Å². The molecule has 0 spiro atoms. The molecule has 0 unspecified atom stereocenters. The first kappa shape index (κ1) is 10.9. The van der Waals surface area contributed by atoms with Gasteiger partial charge in [-0.15, -0.1) is 0 Å². The predicted molar refractivity (Wildman–Crippen MR) is 59.4 cm³/mol. The molecule has 0 aromatic carbocycles. The minimum atomic E-state index is -0.401. The Hall–Kier alpha value is -1.58. The Kier molecular flexibility index (Phi) is 3.08. The number of ether oxygens (including phenoxy) is 1. The van der Waals surface area contributed by atoms with Crippen molar-refractivity contribution in [2.75, 3.05) is 7.11 Å². The molecule has 4 heteroatoms. The van der Waals surface area contributed by atoms with Crippen molar-refractivity contribution in [1.29, 1.82) is 0 Å². The molecule has 0 saturated heterocycles. The van der Waals surface area contributed by atoms with E-state index in [4.69, 9.17) is 0 Å². The van der Waals surface area contributed by atoms with Crippen LogP contribution in [0, 0.1) is 5.92 Å². The minimum absolute atomic E-state index is 0.0560. The van der Waals surface area contributed by atoms with E-state index in [0.29, 0.717) is 18.0 Å². The van der Waals surface area contributed by atoms with E-state index in [1.807, 2.05) is 0 Å². The van der Waals surface area contributed by atoms with Crippen molar-refractivity contribution in [3.05, 3.63) is 34.2 Å². The third-order valence-corrected chi connectivity index (χ3v) is 3.08. The zero-order valence-electron chi connectivity index (χ0n) is 9.31. The maximum atomic E-state index is 11.6. The highest BCUT2D eigenvalue weighted by Gasteiger charge is 2.18. The van der Waals surface area contributed by atoms with E-state index in [2.05, 4.69) is 4.74 Å². The van der Waals surface area contributed by atoms with Crippen molar-refractivity contribution >= 4 is 5.97 Å². The largest absolute Gasteiger partial charge is 0.465 e. The fraction of sp³-hybridized carbons (Fsp3) is 0.500. The summed E-state index contributed by atoms with van der Waals surface area (Å²) in [6.07, 6.45) is 5.19. The number of pyridine rings is 1. The summed E-state index contributed by atoms with van der Waals surface area (Å²) in [5.41, 5.74) is 0.376. The van der Waals surface area contributed by atoms with Crippen molar-refractivity contribution < 1.29 is 9.53 Å². The van der Waals surface area contributed by atoms with Crippen LogP contribution in [0.4, 0.5) is 0 Å². The highest BCUT2D eigenvalue weighted by molar-refractivity contribution is 5.88. The molecular weight excluding hydrogens is 206 g/mol. The first-order chi connectivity index (χ1) is 7.70. The lowest BCUT2D eigenvalue weighted by Crippen LogP contribution is -2.27. The molecule has 1 heterocycles. The molecule has 1 saturated carbocycles. The molecule has 1 aromatic heterocycles. The second kappa shape index (κ2) is 4.51. The van der Waals surface area contributed by atoms with E-state index in [0.717, 1.165) is 0 Å². The lowest BCUT2D eigenvalue weighted by Gasteiger charge is -2.25. The van der Waals surface area contributed by atoms with E-state index in [9.17, 15) is 9.59 Å². The number of hydrogen-bond acceptors (Lipinski definition) is 3. The molecule has 1 aliphatic carbocycles. The Bertz CT molecular complexity index is 446. The van der Waals surface area contributed by atoms with Crippen LogP contribution in [0.25, 0.3) is 0 Å². The van der Waals surface area contributed by atoms with Gasteiger partial charge in [-0.1, -0.05) is 6.42 Å². The van der Waals surface area contributed by atoms with Gasteiger partial charge in [-0.05, 0) is 24.8 Å². The van der Waals surface area contributed by atoms with Crippen LogP contribution in [0.3, 0.4) is 0 Å². The van der Waals surface area contributed by atoms with Crippen LogP contribution in [0.1, 0.15) is 29.6 Å². The molecule has 0 radical (unpaired) electrons. The van der Waals surface area contributed by atoms with Gasteiger partial charge in [0.05, 0.1) is 12.7 Å². The first-order valence-electron chi connectivity index (χ1n) is 5.49. The summed E-state index contributed by atoms with van der Waals surface area (Å²) in [7, 11) is 1.34. The number of rotatable bonds is 3. The van der Waals surface area contributed by atoms with Crippen LogP contribution >= 0.6 is 0 Å². The molecule has 16 heavy (non-hydrogen) atoms. The van der Waals surface area contributed by atoms with Crippen molar-refractivity contribution in [3.8, 4) is 0 Å². The van der Waals surface area contributed by atoms with Crippen LogP contribution in [0.15, 0.2) is 23.1 Å². The van der Waals surface area contributed by atoms with Crippen LogP contribution in [-0.4, -0.2) is 17.6 Å². The van der Waals surface area contributed by atoms with Crippen molar-refractivity contribution in [2.24, 2.45) is 5.92 Å². The molecule has 0 N–H and O–H groups in total. The summed E-state index contributed by atoms with van der Waals surface area (Å²) in [4.78, 5) is 22.9. The number of esters is 1. The molecule has 2 rings (SSSR count). The van der Waals surface area contributed by atoms with Crippen molar-refractivity contribution in [1.82, 2.24) is 4.57 Å². The first-order valence-corrected chi connectivity index (χ1v) is 5.49. The highest BCUT2D eigenvalue weighted by Crippen LogP contribution is 2.27. The predicted octanol–water partition coefficient (Wildman–Crippen LogP) is 1.43. The van der Waals surface area contributed by atoms with Gasteiger partial charge >= 0.3 is 5.97 Å². The van der Waals surface area contributed by atoms with Crippen molar-refractivity contribution in [3.63, 3.8) is 0 Å². The normalized spacial score (nSPS) is 15.6. The van der Waals surface area contributed by atoms with Gasteiger partial charge in [0.15, 0.2) is 0 Å². The quantitative estimate of drug-likeness (QED) is 0.725.